The van der Waals surface area contributed by atoms with Crippen LogP contribution < -0.4 is 0 Å². The van der Waals surface area contributed by atoms with Gasteiger partial charge in [0, 0.05) is 5.41 Å². The topological polar surface area (TPSA) is 71.1 Å². The number of carbonyl (C=O) groups excluding carboxylic acids is 2. The summed E-state index contributed by atoms with van der Waals surface area (Å²) in [4.78, 5) is 44.7. The van der Waals surface area contributed by atoms with Gasteiger partial charge in [0.1, 0.15) is 0 Å². The Morgan fingerprint density at radius 3 is 1.55 bits per heavy atom. The molecule has 0 saturated heterocycles. The molecule has 0 unspecified atom stereocenters. The highest BCUT2D eigenvalue weighted by molar-refractivity contribution is 5.89. The van der Waals surface area contributed by atoms with Gasteiger partial charge < -0.3 is 0 Å². The van der Waals surface area contributed by atoms with E-state index in [-0.39, 0.29) is 6.29 Å². The van der Waals surface area contributed by atoms with E-state index in [1.54, 1.807) is 36.4 Å². The standard InChI is InChI=1S/C23H26O6/c1-6-23(5,7-2)22(28-26-20(24)18-12-8-10-16(3)14-18)29-27-21(25)19-13-9-11-17(4)15-19/h8-15H,5-7H2,1-4H3. The van der Waals surface area contributed by atoms with E-state index in [4.69, 9.17) is 19.6 Å². The molecule has 0 spiro atoms. The van der Waals surface area contributed by atoms with Gasteiger partial charge >= 0.3 is 18.2 Å². The van der Waals surface area contributed by atoms with Crippen LogP contribution in [0.4, 0.5) is 0 Å². The van der Waals surface area contributed by atoms with Crippen molar-refractivity contribution in [2.24, 2.45) is 5.41 Å². The predicted octanol–water partition coefficient (Wildman–Crippen LogP) is 5.31. The number of benzene rings is 2. The molecule has 0 heterocycles. The number of aryl methyl sites for hydroxylation is 2. The van der Waals surface area contributed by atoms with Gasteiger partial charge in [0.15, 0.2) is 0 Å². The normalized spacial score (nSPS) is 11.4. The van der Waals surface area contributed by atoms with Crippen molar-refractivity contribution in [2.75, 3.05) is 0 Å². The first-order chi connectivity index (χ1) is 13.8. The maximum absolute atomic E-state index is 12.3. The predicted molar refractivity (Wildman–Crippen MR) is 107 cm³/mol. The lowest BCUT2D eigenvalue weighted by atomic mass is 9.84. The van der Waals surface area contributed by atoms with Crippen molar-refractivity contribution in [1.82, 2.24) is 0 Å². The molecule has 2 aromatic rings. The fourth-order valence-corrected chi connectivity index (χ4v) is 2.52. The van der Waals surface area contributed by atoms with Crippen LogP contribution in [0.1, 0.15) is 58.5 Å². The second kappa shape index (κ2) is 10.2. The van der Waals surface area contributed by atoms with Gasteiger partial charge in [0.2, 0.25) is 0 Å². The highest BCUT2D eigenvalue weighted by Crippen LogP contribution is 2.38. The third-order valence-corrected chi connectivity index (χ3v) is 4.68. The summed E-state index contributed by atoms with van der Waals surface area (Å²) < 4.78 is 0. The summed E-state index contributed by atoms with van der Waals surface area (Å²) in [7, 11) is 0. The molecule has 2 aromatic carbocycles. The monoisotopic (exact) mass is 398 g/mol. The smallest absolute Gasteiger partial charge is 0.289 e. The molecular weight excluding hydrogens is 372 g/mol. The van der Waals surface area contributed by atoms with Crippen LogP contribution in [0.15, 0.2) is 48.5 Å². The van der Waals surface area contributed by atoms with E-state index in [9.17, 15) is 9.59 Å². The van der Waals surface area contributed by atoms with E-state index in [2.05, 4.69) is 6.92 Å². The molecule has 6 heteroatoms. The van der Waals surface area contributed by atoms with Gasteiger partial charge in [-0.05, 0) is 57.9 Å². The molecule has 154 valence electrons. The Labute approximate surface area is 171 Å². The van der Waals surface area contributed by atoms with Crippen LogP contribution in [0.5, 0.6) is 0 Å². The maximum atomic E-state index is 12.3. The summed E-state index contributed by atoms with van der Waals surface area (Å²) in [5.74, 6) is -1.40. The second-order valence-corrected chi connectivity index (χ2v) is 6.92. The SMILES string of the molecule is [CH2]C(CC)(CC)[C](OOC(=O)c1cccc(C)c1)OOC(=O)c1cccc(C)c1. The molecule has 0 aliphatic carbocycles. The van der Waals surface area contributed by atoms with Crippen molar-refractivity contribution >= 4 is 11.9 Å². The Morgan fingerprint density at radius 1 is 0.793 bits per heavy atom. The van der Waals surface area contributed by atoms with Crippen LogP contribution in [-0.2, 0) is 19.6 Å². The Bertz CT molecular complexity index is 779. The molecule has 0 N–H and O–H groups in total. The van der Waals surface area contributed by atoms with Crippen LogP contribution in [0.2, 0.25) is 0 Å². The van der Waals surface area contributed by atoms with Gasteiger partial charge in [-0.25, -0.2) is 9.59 Å². The summed E-state index contributed by atoms with van der Waals surface area (Å²) in [5.41, 5.74) is 1.58. The van der Waals surface area contributed by atoms with E-state index >= 15 is 0 Å². The summed E-state index contributed by atoms with van der Waals surface area (Å²) in [6, 6.07) is 13.7. The van der Waals surface area contributed by atoms with Crippen molar-refractivity contribution in [2.45, 2.75) is 40.5 Å². The zero-order valence-corrected chi connectivity index (χ0v) is 17.2. The highest BCUT2D eigenvalue weighted by atomic mass is 17.3. The van der Waals surface area contributed by atoms with Gasteiger partial charge in [-0.2, -0.15) is 0 Å². The fraction of sp³-hybridized carbons (Fsp3) is 0.304. The molecule has 0 aromatic heterocycles. The molecule has 0 bridgehead atoms. The Morgan fingerprint density at radius 2 is 1.21 bits per heavy atom. The molecule has 0 atom stereocenters. The zero-order chi connectivity index (χ0) is 21.4. The first-order valence-electron chi connectivity index (χ1n) is 9.43. The van der Waals surface area contributed by atoms with Crippen molar-refractivity contribution in [3.63, 3.8) is 0 Å². The Balaban J connectivity index is 2.07. The molecule has 0 aliphatic heterocycles. The number of hydrogen-bond acceptors (Lipinski definition) is 6. The fourth-order valence-electron chi connectivity index (χ4n) is 2.52. The van der Waals surface area contributed by atoms with E-state index in [0.717, 1.165) is 11.1 Å². The molecule has 0 aliphatic rings. The molecule has 2 rings (SSSR count). The third kappa shape index (κ3) is 6.14. The Kier molecular flexibility index (Phi) is 7.93. The molecule has 0 amide bonds. The third-order valence-electron chi connectivity index (χ3n) is 4.68. The highest BCUT2D eigenvalue weighted by Gasteiger charge is 2.40. The molecule has 0 saturated carbocycles. The van der Waals surface area contributed by atoms with Crippen molar-refractivity contribution in [1.29, 1.82) is 0 Å². The van der Waals surface area contributed by atoms with Gasteiger partial charge in [-0.15, -0.1) is 9.78 Å². The first-order valence-corrected chi connectivity index (χ1v) is 9.43. The summed E-state index contributed by atoms with van der Waals surface area (Å²) in [6.45, 7) is 11.5. The lowest BCUT2D eigenvalue weighted by molar-refractivity contribution is -0.381. The number of carbonyl (C=O) groups is 2. The molecular formula is C23H26O6. The first kappa shape index (κ1) is 22.6. The average Bonchev–Trinajstić information content (AvgIpc) is 2.72. The second-order valence-electron chi connectivity index (χ2n) is 6.92. The zero-order valence-electron chi connectivity index (χ0n) is 17.2. The van der Waals surface area contributed by atoms with Crippen LogP contribution in [0.3, 0.4) is 0 Å². The summed E-state index contributed by atoms with van der Waals surface area (Å²) in [6.07, 6.45) is 0.801. The summed E-state index contributed by atoms with van der Waals surface area (Å²) in [5, 5.41) is 0. The number of hydrogen-bond donors (Lipinski definition) is 0. The Hall–Kier alpha value is -2.70. The molecule has 0 fully saturated rings. The van der Waals surface area contributed by atoms with Crippen LogP contribution >= 0.6 is 0 Å². The molecule has 2 radical (unpaired) electrons. The quantitative estimate of drug-likeness (QED) is 0.421. The maximum Gasteiger partial charge on any atom is 0.373 e. The van der Waals surface area contributed by atoms with Crippen molar-refractivity contribution < 1.29 is 29.1 Å². The number of rotatable bonds is 9. The van der Waals surface area contributed by atoms with E-state index in [1.165, 1.54) is 0 Å². The van der Waals surface area contributed by atoms with E-state index < -0.39 is 17.4 Å². The lowest BCUT2D eigenvalue weighted by Crippen LogP contribution is -2.31. The van der Waals surface area contributed by atoms with Crippen molar-refractivity contribution in [3.05, 3.63) is 84.0 Å². The molecule has 6 nitrogen and oxygen atoms in total. The minimum Gasteiger partial charge on any atom is -0.289 e. The van der Waals surface area contributed by atoms with Gasteiger partial charge in [0.05, 0.1) is 11.1 Å². The van der Waals surface area contributed by atoms with Gasteiger partial charge in [0.25, 0.3) is 0 Å². The van der Waals surface area contributed by atoms with Crippen LogP contribution in [0.25, 0.3) is 0 Å². The van der Waals surface area contributed by atoms with Crippen LogP contribution in [-0.4, -0.2) is 11.9 Å². The largest absolute Gasteiger partial charge is 0.373 e. The van der Waals surface area contributed by atoms with E-state index in [1.807, 2.05) is 39.8 Å². The minimum absolute atomic E-state index is 0.204. The summed E-state index contributed by atoms with van der Waals surface area (Å²) >= 11 is 0. The minimum atomic E-state index is -0.875. The van der Waals surface area contributed by atoms with Crippen LogP contribution in [0, 0.1) is 32.5 Å². The van der Waals surface area contributed by atoms with Gasteiger partial charge in [-0.3, -0.25) is 9.78 Å². The molecule has 29 heavy (non-hydrogen) atoms. The van der Waals surface area contributed by atoms with E-state index in [0.29, 0.717) is 24.0 Å². The van der Waals surface area contributed by atoms with Gasteiger partial charge in [-0.1, -0.05) is 49.2 Å². The lowest BCUT2D eigenvalue weighted by Gasteiger charge is -2.30. The van der Waals surface area contributed by atoms with Crippen molar-refractivity contribution in [3.8, 4) is 0 Å². The average molecular weight is 398 g/mol.